The number of ether oxygens (including phenoxy) is 1. The SMILES string of the molecule is C=C(O)[C@H]1OC(O)(CO)[C@@H](O)[C@H]1O. The lowest BCUT2D eigenvalue weighted by atomic mass is 10.1. The average molecular weight is 192 g/mol. The van der Waals surface area contributed by atoms with Gasteiger partial charge in [-0.3, -0.25) is 0 Å². The summed E-state index contributed by atoms with van der Waals surface area (Å²) in [5.41, 5.74) is 0. The zero-order chi connectivity index (χ0) is 10.2. The van der Waals surface area contributed by atoms with Crippen molar-refractivity contribution in [2.75, 3.05) is 6.61 Å². The molecule has 0 radical (unpaired) electrons. The lowest BCUT2D eigenvalue weighted by molar-refractivity contribution is -0.244. The molecule has 5 N–H and O–H groups in total. The van der Waals surface area contributed by atoms with Crippen LogP contribution < -0.4 is 0 Å². The first-order valence-electron chi connectivity index (χ1n) is 3.67. The van der Waals surface area contributed by atoms with Crippen LogP contribution in [0.4, 0.5) is 0 Å². The molecular formula is C7H12O6. The molecule has 1 rings (SSSR count). The van der Waals surface area contributed by atoms with Gasteiger partial charge in [0, 0.05) is 0 Å². The molecule has 0 bridgehead atoms. The van der Waals surface area contributed by atoms with Gasteiger partial charge in [0.15, 0.2) is 0 Å². The molecule has 0 spiro atoms. The molecule has 76 valence electrons. The number of hydrogen-bond acceptors (Lipinski definition) is 6. The van der Waals surface area contributed by atoms with E-state index in [0.717, 1.165) is 0 Å². The zero-order valence-electron chi connectivity index (χ0n) is 6.79. The Hall–Kier alpha value is -0.660. The van der Waals surface area contributed by atoms with Crippen LogP contribution in [-0.4, -0.2) is 56.2 Å². The van der Waals surface area contributed by atoms with Gasteiger partial charge in [-0.15, -0.1) is 0 Å². The van der Waals surface area contributed by atoms with Crippen LogP contribution in [0.15, 0.2) is 12.3 Å². The minimum absolute atomic E-state index is 0.518. The quantitative estimate of drug-likeness (QED) is 0.319. The second-order valence-corrected chi connectivity index (χ2v) is 2.97. The Labute approximate surface area is 74.3 Å². The Kier molecular flexibility index (Phi) is 2.60. The predicted molar refractivity (Wildman–Crippen MR) is 40.7 cm³/mol. The van der Waals surface area contributed by atoms with Crippen molar-refractivity contribution >= 4 is 0 Å². The number of aliphatic hydroxyl groups is 5. The Morgan fingerprint density at radius 3 is 2.23 bits per heavy atom. The van der Waals surface area contributed by atoms with E-state index in [1.807, 2.05) is 0 Å². The summed E-state index contributed by atoms with van der Waals surface area (Å²) < 4.78 is 4.64. The normalized spacial score (nSPS) is 45.1. The molecule has 1 aliphatic heterocycles. The van der Waals surface area contributed by atoms with Crippen LogP contribution in [0.5, 0.6) is 0 Å². The Bertz CT molecular complexity index is 217. The Morgan fingerprint density at radius 2 is 2.00 bits per heavy atom. The Balaban J connectivity index is 2.84. The highest BCUT2D eigenvalue weighted by Crippen LogP contribution is 2.31. The lowest BCUT2D eigenvalue weighted by Crippen LogP contribution is -2.46. The van der Waals surface area contributed by atoms with Crippen LogP contribution in [0.1, 0.15) is 0 Å². The molecule has 4 atom stereocenters. The molecule has 0 aromatic rings. The van der Waals surface area contributed by atoms with Gasteiger partial charge in [-0.05, 0) is 0 Å². The maximum Gasteiger partial charge on any atom is 0.219 e. The largest absolute Gasteiger partial charge is 0.510 e. The molecule has 13 heavy (non-hydrogen) atoms. The highest BCUT2D eigenvalue weighted by Gasteiger charge is 2.54. The summed E-state index contributed by atoms with van der Waals surface area (Å²) in [5.74, 6) is -2.76. The highest BCUT2D eigenvalue weighted by molar-refractivity contribution is 5.06. The van der Waals surface area contributed by atoms with Gasteiger partial charge in [-0.1, -0.05) is 6.58 Å². The molecule has 1 saturated heterocycles. The van der Waals surface area contributed by atoms with Crippen molar-refractivity contribution in [2.24, 2.45) is 0 Å². The van der Waals surface area contributed by atoms with E-state index in [9.17, 15) is 15.3 Å². The summed E-state index contributed by atoms with van der Waals surface area (Å²) in [4.78, 5) is 0. The highest BCUT2D eigenvalue weighted by atomic mass is 16.7. The van der Waals surface area contributed by atoms with Crippen molar-refractivity contribution < 1.29 is 30.3 Å². The number of rotatable bonds is 2. The molecule has 1 unspecified atom stereocenters. The minimum Gasteiger partial charge on any atom is -0.510 e. The van der Waals surface area contributed by atoms with Crippen LogP contribution in [0.2, 0.25) is 0 Å². The fourth-order valence-corrected chi connectivity index (χ4v) is 1.19. The maximum absolute atomic E-state index is 9.32. The molecular weight excluding hydrogens is 180 g/mol. The zero-order valence-corrected chi connectivity index (χ0v) is 6.79. The summed E-state index contributed by atoms with van der Waals surface area (Å²) in [6, 6.07) is 0. The third kappa shape index (κ3) is 1.54. The monoisotopic (exact) mass is 192 g/mol. The molecule has 1 heterocycles. The van der Waals surface area contributed by atoms with E-state index in [1.165, 1.54) is 0 Å². The number of aliphatic hydroxyl groups excluding tert-OH is 4. The molecule has 1 fully saturated rings. The van der Waals surface area contributed by atoms with Crippen molar-refractivity contribution in [3.63, 3.8) is 0 Å². The van der Waals surface area contributed by atoms with Gasteiger partial charge in [0.1, 0.15) is 24.1 Å². The van der Waals surface area contributed by atoms with Gasteiger partial charge in [-0.2, -0.15) is 0 Å². The van der Waals surface area contributed by atoms with Crippen molar-refractivity contribution in [3.05, 3.63) is 12.3 Å². The lowest BCUT2D eigenvalue weighted by Gasteiger charge is -2.22. The Morgan fingerprint density at radius 1 is 1.46 bits per heavy atom. The molecule has 1 aliphatic rings. The molecule has 6 nitrogen and oxygen atoms in total. The summed E-state index contributed by atoms with van der Waals surface area (Å²) >= 11 is 0. The summed E-state index contributed by atoms with van der Waals surface area (Å²) in [7, 11) is 0. The van der Waals surface area contributed by atoms with Gasteiger partial charge < -0.3 is 30.3 Å². The van der Waals surface area contributed by atoms with E-state index in [4.69, 9.17) is 10.2 Å². The van der Waals surface area contributed by atoms with Gasteiger partial charge >= 0.3 is 0 Å². The fraction of sp³-hybridized carbons (Fsp3) is 0.714. The van der Waals surface area contributed by atoms with Crippen molar-refractivity contribution in [1.82, 2.24) is 0 Å². The average Bonchev–Trinajstić information content (AvgIpc) is 2.31. The van der Waals surface area contributed by atoms with Gasteiger partial charge in [-0.25, -0.2) is 0 Å². The van der Waals surface area contributed by atoms with E-state index in [0.29, 0.717) is 0 Å². The molecule has 6 heteroatoms. The summed E-state index contributed by atoms with van der Waals surface area (Å²) in [5, 5.41) is 45.3. The second kappa shape index (κ2) is 3.24. The van der Waals surface area contributed by atoms with Crippen molar-refractivity contribution in [2.45, 2.75) is 24.1 Å². The van der Waals surface area contributed by atoms with Gasteiger partial charge in [0.25, 0.3) is 0 Å². The van der Waals surface area contributed by atoms with E-state index >= 15 is 0 Å². The standard InChI is InChI=1S/C7H12O6/c1-3(9)5-4(10)6(11)7(12,2-8)13-5/h4-6,8-12H,1-2H2/t4-,5+,6-,7?/m0/s1. The third-order valence-corrected chi connectivity index (χ3v) is 1.98. The van der Waals surface area contributed by atoms with Gasteiger partial charge in [0.2, 0.25) is 5.79 Å². The molecule has 0 aromatic heterocycles. The molecule has 0 aromatic carbocycles. The summed E-state index contributed by atoms with van der Waals surface area (Å²) in [6.45, 7) is 2.21. The second-order valence-electron chi connectivity index (χ2n) is 2.97. The van der Waals surface area contributed by atoms with Crippen molar-refractivity contribution in [1.29, 1.82) is 0 Å². The first-order chi connectivity index (χ1) is 5.92. The fourth-order valence-electron chi connectivity index (χ4n) is 1.19. The van der Waals surface area contributed by atoms with E-state index in [-0.39, 0.29) is 0 Å². The summed E-state index contributed by atoms with van der Waals surface area (Å²) in [6.07, 6.45) is -4.46. The predicted octanol–water partition coefficient (Wildman–Crippen LogP) is -2.14. The molecule has 0 aliphatic carbocycles. The first kappa shape index (κ1) is 10.4. The minimum atomic E-state index is -2.24. The maximum atomic E-state index is 9.32. The topological polar surface area (TPSA) is 110 Å². The smallest absolute Gasteiger partial charge is 0.219 e. The van der Waals surface area contributed by atoms with Crippen molar-refractivity contribution in [3.8, 4) is 0 Å². The third-order valence-electron chi connectivity index (χ3n) is 1.98. The van der Waals surface area contributed by atoms with E-state index in [2.05, 4.69) is 11.3 Å². The van der Waals surface area contributed by atoms with Gasteiger partial charge in [0.05, 0.1) is 6.61 Å². The van der Waals surface area contributed by atoms with Crippen LogP contribution in [0, 0.1) is 0 Å². The van der Waals surface area contributed by atoms with E-state index in [1.54, 1.807) is 0 Å². The number of hydrogen-bond donors (Lipinski definition) is 5. The van der Waals surface area contributed by atoms with E-state index < -0.39 is 36.5 Å². The molecule has 0 saturated carbocycles. The van der Waals surface area contributed by atoms with Crippen LogP contribution in [0.3, 0.4) is 0 Å². The van der Waals surface area contributed by atoms with Crippen LogP contribution >= 0.6 is 0 Å². The first-order valence-corrected chi connectivity index (χ1v) is 3.67. The molecule has 0 amide bonds. The van der Waals surface area contributed by atoms with Crippen LogP contribution in [0.25, 0.3) is 0 Å². The van der Waals surface area contributed by atoms with Crippen LogP contribution in [-0.2, 0) is 4.74 Å².